The Bertz CT molecular complexity index is 481. The Balaban J connectivity index is 0.00000312. The molecular formula is C24H34Ru. The van der Waals surface area contributed by atoms with Crippen LogP contribution in [-0.2, 0) is 19.5 Å². The van der Waals surface area contributed by atoms with Crippen LogP contribution in [0.15, 0.2) is 60.7 Å². The van der Waals surface area contributed by atoms with E-state index in [4.69, 9.17) is 0 Å². The van der Waals surface area contributed by atoms with E-state index in [1.54, 1.807) is 0 Å². The van der Waals surface area contributed by atoms with Crippen LogP contribution >= 0.6 is 0 Å². The molecule has 0 aromatic heterocycles. The Kier molecular flexibility index (Phi) is 12.6. The van der Waals surface area contributed by atoms with Gasteiger partial charge in [0.2, 0.25) is 0 Å². The third-order valence-electron chi connectivity index (χ3n) is 5.00. The van der Waals surface area contributed by atoms with E-state index in [1.807, 2.05) is 0 Å². The number of hydrogen-bond donors (Lipinski definition) is 0. The van der Waals surface area contributed by atoms with Crippen molar-refractivity contribution >= 4 is 0 Å². The summed E-state index contributed by atoms with van der Waals surface area (Å²) in [5.41, 5.74) is 2.92. The van der Waals surface area contributed by atoms with Crippen molar-refractivity contribution < 1.29 is 19.5 Å². The molecular weight excluding hydrogens is 389 g/mol. The van der Waals surface area contributed by atoms with E-state index in [2.05, 4.69) is 67.6 Å². The molecule has 0 radical (unpaired) electrons. The van der Waals surface area contributed by atoms with Gasteiger partial charge in [-0.05, 0) is 17.5 Å². The maximum absolute atomic E-state index is 2.29. The largest absolute Gasteiger partial charge is 0.0654 e. The smallest absolute Gasteiger partial charge is 0.00893 e. The van der Waals surface area contributed by atoms with Crippen molar-refractivity contribution in [2.75, 3.05) is 0 Å². The minimum Gasteiger partial charge on any atom is -0.0654 e. The molecule has 0 aliphatic rings. The van der Waals surface area contributed by atoms with Gasteiger partial charge in [-0.2, -0.15) is 0 Å². The molecule has 0 nitrogen and oxygen atoms in total. The van der Waals surface area contributed by atoms with E-state index in [9.17, 15) is 0 Å². The van der Waals surface area contributed by atoms with Gasteiger partial charge in [0.25, 0.3) is 0 Å². The number of rotatable bonds is 12. The van der Waals surface area contributed by atoms with Gasteiger partial charge in [0.05, 0.1) is 0 Å². The summed E-state index contributed by atoms with van der Waals surface area (Å²) in [7, 11) is 0. The molecule has 0 atom stereocenters. The molecule has 0 aliphatic heterocycles. The van der Waals surface area contributed by atoms with Crippen LogP contribution in [0.25, 0.3) is 0 Å². The van der Waals surface area contributed by atoms with Gasteiger partial charge < -0.3 is 0 Å². The minimum atomic E-state index is 0. The van der Waals surface area contributed by atoms with E-state index in [-0.39, 0.29) is 19.5 Å². The van der Waals surface area contributed by atoms with Crippen LogP contribution in [0.5, 0.6) is 0 Å². The molecule has 0 heterocycles. The monoisotopic (exact) mass is 424 g/mol. The van der Waals surface area contributed by atoms with Crippen molar-refractivity contribution in [1.82, 2.24) is 0 Å². The van der Waals surface area contributed by atoms with Gasteiger partial charge in [0.1, 0.15) is 0 Å². The summed E-state index contributed by atoms with van der Waals surface area (Å²) < 4.78 is 0. The summed E-state index contributed by atoms with van der Waals surface area (Å²) in [6.45, 7) is 2.29. The Morgan fingerprint density at radius 3 is 1.40 bits per heavy atom. The van der Waals surface area contributed by atoms with Crippen LogP contribution in [0.3, 0.4) is 0 Å². The quantitative estimate of drug-likeness (QED) is 0.242. The normalized spacial score (nSPS) is 10.6. The summed E-state index contributed by atoms with van der Waals surface area (Å²) in [5.74, 6) is 0.553. The molecule has 2 rings (SSSR count). The molecule has 0 bridgehead atoms. The molecule has 138 valence electrons. The predicted octanol–water partition coefficient (Wildman–Crippen LogP) is 7.74. The van der Waals surface area contributed by atoms with Crippen LogP contribution < -0.4 is 0 Å². The number of hydrogen-bond acceptors (Lipinski definition) is 0. The topological polar surface area (TPSA) is 0 Å². The second kappa shape index (κ2) is 14.3. The molecule has 0 spiro atoms. The fraction of sp³-hybridized carbons (Fsp3) is 0.500. The average molecular weight is 424 g/mol. The Labute approximate surface area is 168 Å². The van der Waals surface area contributed by atoms with Gasteiger partial charge in [-0.15, -0.1) is 0 Å². The summed E-state index contributed by atoms with van der Waals surface area (Å²) in [6.07, 6.45) is 13.9. The van der Waals surface area contributed by atoms with Crippen molar-refractivity contribution in [2.45, 2.75) is 77.0 Å². The number of benzene rings is 2. The van der Waals surface area contributed by atoms with Gasteiger partial charge in [-0.1, -0.05) is 125 Å². The molecule has 0 amide bonds. The predicted molar refractivity (Wildman–Crippen MR) is 107 cm³/mol. The van der Waals surface area contributed by atoms with Crippen LogP contribution in [0.1, 0.15) is 88.2 Å². The average Bonchev–Trinajstić information content (AvgIpc) is 2.65. The number of unbranched alkanes of at least 4 members (excludes halogenated alkanes) is 8. The zero-order chi connectivity index (χ0) is 16.9. The van der Waals surface area contributed by atoms with Crippen LogP contribution in [0.4, 0.5) is 0 Å². The van der Waals surface area contributed by atoms with E-state index >= 15 is 0 Å². The second-order valence-corrected chi connectivity index (χ2v) is 6.99. The second-order valence-electron chi connectivity index (χ2n) is 6.99. The summed E-state index contributed by atoms with van der Waals surface area (Å²) in [5, 5.41) is 0. The molecule has 25 heavy (non-hydrogen) atoms. The Hall–Kier alpha value is -0.937. The van der Waals surface area contributed by atoms with E-state index in [0.29, 0.717) is 5.92 Å². The molecule has 0 saturated heterocycles. The van der Waals surface area contributed by atoms with Crippen molar-refractivity contribution in [3.05, 3.63) is 71.8 Å². The van der Waals surface area contributed by atoms with Gasteiger partial charge in [-0.3, -0.25) is 0 Å². The summed E-state index contributed by atoms with van der Waals surface area (Å²) >= 11 is 0. The van der Waals surface area contributed by atoms with Crippen LogP contribution in [0, 0.1) is 0 Å². The maximum Gasteiger partial charge on any atom is 0.00893 e. The summed E-state index contributed by atoms with van der Waals surface area (Å²) in [6, 6.07) is 22.0. The van der Waals surface area contributed by atoms with E-state index in [0.717, 1.165) is 0 Å². The fourth-order valence-electron chi connectivity index (χ4n) is 3.56. The third-order valence-corrected chi connectivity index (χ3v) is 5.00. The van der Waals surface area contributed by atoms with Crippen molar-refractivity contribution in [3.8, 4) is 0 Å². The molecule has 2 aromatic rings. The summed E-state index contributed by atoms with van der Waals surface area (Å²) in [4.78, 5) is 0. The minimum absolute atomic E-state index is 0. The van der Waals surface area contributed by atoms with Crippen LogP contribution in [0.2, 0.25) is 0 Å². The van der Waals surface area contributed by atoms with E-state index in [1.165, 1.54) is 75.3 Å². The zero-order valence-electron chi connectivity index (χ0n) is 15.8. The van der Waals surface area contributed by atoms with Gasteiger partial charge >= 0.3 is 0 Å². The standard InChI is InChI=1S/C24H34.Ru/c1-2-3-4-5-6-7-8-9-16-21-24(22-17-12-10-13-18-22)23-19-14-11-15-20-23;/h10-15,17-20,24H,2-9,16,21H2,1H3;. The van der Waals surface area contributed by atoms with E-state index < -0.39 is 0 Å². The Morgan fingerprint density at radius 2 is 0.960 bits per heavy atom. The maximum atomic E-state index is 2.29. The van der Waals surface area contributed by atoms with Crippen molar-refractivity contribution in [1.29, 1.82) is 0 Å². The first kappa shape index (κ1) is 22.1. The molecule has 0 aliphatic carbocycles. The zero-order valence-corrected chi connectivity index (χ0v) is 17.5. The molecule has 2 aromatic carbocycles. The first-order valence-electron chi connectivity index (χ1n) is 10.0. The van der Waals surface area contributed by atoms with Gasteiger partial charge in [-0.25, -0.2) is 0 Å². The molecule has 0 fully saturated rings. The first-order valence-corrected chi connectivity index (χ1v) is 10.0. The molecule has 0 N–H and O–H groups in total. The molecule has 1 heteroatoms. The van der Waals surface area contributed by atoms with Crippen LogP contribution in [-0.4, -0.2) is 0 Å². The fourth-order valence-corrected chi connectivity index (χ4v) is 3.56. The van der Waals surface area contributed by atoms with Crippen molar-refractivity contribution in [2.24, 2.45) is 0 Å². The van der Waals surface area contributed by atoms with Crippen molar-refractivity contribution in [3.63, 3.8) is 0 Å². The Morgan fingerprint density at radius 1 is 0.560 bits per heavy atom. The molecule has 0 saturated carbocycles. The third kappa shape index (κ3) is 8.82. The van der Waals surface area contributed by atoms with Gasteiger partial charge in [0.15, 0.2) is 0 Å². The van der Waals surface area contributed by atoms with Gasteiger partial charge in [0, 0.05) is 25.4 Å². The first-order chi connectivity index (χ1) is 11.9. The SMILES string of the molecule is CCCCCCCCCCCC(c1ccccc1)c1ccccc1.[Ru]. The molecule has 0 unspecified atom stereocenters.